The first kappa shape index (κ1) is 12.7. The zero-order valence-electron chi connectivity index (χ0n) is 13.1. The molecule has 4 aliphatic rings. The molecule has 0 spiro atoms. The van der Waals surface area contributed by atoms with Crippen LogP contribution in [-0.2, 0) is 11.8 Å². The number of nitrogen functional groups attached to an aromatic ring is 1. The SMILES string of the molecule is CCc1c(N)n[nH]c1C12CC3CC(C)(CC(C)(C3)C1)C2. The highest BCUT2D eigenvalue weighted by molar-refractivity contribution is 5.46. The summed E-state index contributed by atoms with van der Waals surface area (Å²) in [6.45, 7) is 7.25. The van der Waals surface area contributed by atoms with Gasteiger partial charge < -0.3 is 5.73 Å². The highest BCUT2D eigenvalue weighted by Gasteiger charge is 2.61. The van der Waals surface area contributed by atoms with Crippen molar-refractivity contribution in [2.24, 2.45) is 16.7 Å². The van der Waals surface area contributed by atoms with E-state index in [0.717, 1.165) is 18.2 Å². The second-order valence-electron chi connectivity index (χ2n) is 8.73. The lowest BCUT2D eigenvalue weighted by molar-refractivity contribution is -0.111. The van der Waals surface area contributed by atoms with Crippen molar-refractivity contribution in [3.05, 3.63) is 11.3 Å². The molecule has 1 heterocycles. The van der Waals surface area contributed by atoms with E-state index in [1.165, 1.54) is 49.8 Å². The first-order chi connectivity index (χ1) is 9.37. The quantitative estimate of drug-likeness (QED) is 0.861. The minimum absolute atomic E-state index is 0.332. The van der Waals surface area contributed by atoms with Crippen molar-refractivity contribution in [1.29, 1.82) is 0 Å². The van der Waals surface area contributed by atoms with Gasteiger partial charge in [0.1, 0.15) is 5.82 Å². The van der Waals surface area contributed by atoms with Crippen LogP contribution < -0.4 is 5.73 Å². The Kier molecular flexibility index (Phi) is 2.30. The van der Waals surface area contributed by atoms with E-state index in [4.69, 9.17) is 5.73 Å². The first-order valence-electron chi connectivity index (χ1n) is 8.20. The summed E-state index contributed by atoms with van der Waals surface area (Å²) in [4.78, 5) is 0. The topological polar surface area (TPSA) is 54.7 Å². The van der Waals surface area contributed by atoms with Gasteiger partial charge in [0.05, 0.1) is 0 Å². The maximum atomic E-state index is 6.09. The van der Waals surface area contributed by atoms with Crippen molar-refractivity contribution in [2.75, 3.05) is 5.73 Å². The molecule has 2 unspecified atom stereocenters. The van der Waals surface area contributed by atoms with Crippen LogP contribution in [0, 0.1) is 16.7 Å². The number of rotatable bonds is 2. The van der Waals surface area contributed by atoms with Crippen molar-refractivity contribution in [2.45, 2.75) is 71.1 Å². The molecule has 110 valence electrons. The lowest BCUT2D eigenvalue weighted by Crippen LogP contribution is -2.57. The van der Waals surface area contributed by atoms with Crippen LogP contribution in [-0.4, -0.2) is 10.2 Å². The van der Waals surface area contributed by atoms with Gasteiger partial charge in [-0.1, -0.05) is 20.8 Å². The summed E-state index contributed by atoms with van der Waals surface area (Å²) in [5, 5.41) is 7.68. The van der Waals surface area contributed by atoms with Crippen molar-refractivity contribution in [1.82, 2.24) is 10.2 Å². The van der Waals surface area contributed by atoms with Crippen LogP contribution in [0.2, 0.25) is 0 Å². The molecule has 0 saturated heterocycles. The summed E-state index contributed by atoms with van der Waals surface area (Å²) in [5.41, 5.74) is 10.2. The van der Waals surface area contributed by atoms with Gasteiger partial charge in [-0.3, -0.25) is 5.10 Å². The molecule has 2 atom stereocenters. The van der Waals surface area contributed by atoms with Crippen LogP contribution in [0.5, 0.6) is 0 Å². The van der Waals surface area contributed by atoms with Crippen LogP contribution in [0.1, 0.15) is 70.6 Å². The van der Waals surface area contributed by atoms with Crippen molar-refractivity contribution < 1.29 is 0 Å². The fourth-order valence-corrected chi connectivity index (χ4v) is 6.90. The zero-order valence-corrected chi connectivity index (χ0v) is 13.1. The number of hydrogen-bond donors (Lipinski definition) is 2. The maximum Gasteiger partial charge on any atom is 0.148 e. The Morgan fingerprint density at radius 1 is 1.15 bits per heavy atom. The second kappa shape index (κ2) is 3.61. The molecule has 3 N–H and O–H groups in total. The van der Waals surface area contributed by atoms with E-state index in [1.54, 1.807) is 0 Å². The van der Waals surface area contributed by atoms with E-state index < -0.39 is 0 Å². The third-order valence-electron chi connectivity index (χ3n) is 6.41. The number of aromatic nitrogens is 2. The number of nitrogens with zero attached hydrogens (tertiary/aromatic N) is 1. The highest BCUT2D eigenvalue weighted by Crippen LogP contribution is 2.69. The molecular weight excluding hydrogens is 246 g/mol. The normalized spacial score (nSPS) is 46.0. The number of aromatic amines is 1. The van der Waals surface area contributed by atoms with E-state index in [1.807, 2.05) is 0 Å². The van der Waals surface area contributed by atoms with Gasteiger partial charge in [0, 0.05) is 16.7 Å². The van der Waals surface area contributed by atoms with E-state index in [9.17, 15) is 0 Å². The Bertz CT molecular complexity index is 541. The molecule has 4 aliphatic carbocycles. The second-order valence-corrected chi connectivity index (χ2v) is 8.73. The third-order valence-corrected chi connectivity index (χ3v) is 6.41. The van der Waals surface area contributed by atoms with Gasteiger partial charge in [-0.25, -0.2) is 0 Å². The first-order valence-corrected chi connectivity index (χ1v) is 8.20. The Hall–Kier alpha value is -0.990. The average Bonchev–Trinajstić information content (AvgIpc) is 2.66. The monoisotopic (exact) mass is 273 g/mol. The molecule has 0 amide bonds. The van der Waals surface area contributed by atoms with Crippen LogP contribution in [0.4, 0.5) is 5.82 Å². The third kappa shape index (κ3) is 1.55. The predicted molar refractivity (Wildman–Crippen MR) is 81.5 cm³/mol. The van der Waals surface area contributed by atoms with Gasteiger partial charge in [0.25, 0.3) is 0 Å². The zero-order chi connectivity index (χ0) is 14.2. The van der Waals surface area contributed by atoms with Gasteiger partial charge in [-0.05, 0) is 61.7 Å². The number of hydrogen-bond acceptors (Lipinski definition) is 2. The predicted octanol–water partition coefficient (Wildman–Crippen LogP) is 3.80. The fourth-order valence-electron chi connectivity index (χ4n) is 6.90. The van der Waals surface area contributed by atoms with Crippen molar-refractivity contribution in [3.63, 3.8) is 0 Å². The lowest BCUT2D eigenvalue weighted by Gasteiger charge is -2.65. The standard InChI is InChI=1S/C17H27N3/c1-4-12-13(19-20-14(12)18)17-7-11-5-15(2,9-17)8-16(3,6-11)10-17/h11H,4-10H2,1-3H3,(H3,18,19,20). The highest BCUT2D eigenvalue weighted by atomic mass is 15.2. The maximum absolute atomic E-state index is 6.09. The molecular formula is C17H27N3. The van der Waals surface area contributed by atoms with E-state index >= 15 is 0 Å². The van der Waals surface area contributed by atoms with E-state index in [0.29, 0.717) is 16.2 Å². The largest absolute Gasteiger partial charge is 0.382 e. The fraction of sp³-hybridized carbons (Fsp3) is 0.824. The molecule has 4 fully saturated rings. The smallest absolute Gasteiger partial charge is 0.148 e. The minimum Gasteiger partial charge on any atom is -0.382 e. The molecule has 1 aromatic heterocycles. The summed E-state index contributed by atoms with van der Waals surface area (Å²) in [6.07, 6.45) is 9.32. The Labute approximate surface area is 121 Å². The van der Waals surface area contributed by atoms with E-state index in [2.05, 4.69) is 31.0 Å². The average molecular weight is 273 g/mol. The molecule has 20 heavy (non-hydrogen) atoms. The number of nitrogens with two attached hydrogens (primary N) is 1. The lowest BCUT2D eigenvalue weighted by atomic mass is 9.39. The number of anilines is 1. The summed E-state index contributed by atoms with van der Waals surface area (Å²) in [5.74, 6) is 1.64. The summed E-state index contributed by atoms with van der Waals surface area (Å²) < 4.78 is 0. The molecule has 4 bridgehead atoms. The van der Waals surface area contributed by atoms with Crippen molar-refractivity contribution in [3.8, 4) is 0 Å². The van der Waals surface area contributed by atoms with Gasteiger partial charge in [0.15, 0.2) is 0 Å². The minimum atomic E-state index is 0.332. The summed E-state index contributed by atoms with van der Waals surface area (Å²) >= 11 is 0. The Morgan fingerprint density at radius 3 is 2.35 bits per heavy atom. The van der Waals surface area contributed by atoms with Crippen LogP contribution in [0.25, 0.3) is 0 Å². The molecule has 0 aromatic carbocycles. The summed E-state index contributed by atoms with van der Waals surface area (Å²) in [7, 11) is 0. The molecule has 1 aromatic rings. The number of nitrogens with one attached hydrogen (secondary N) is 1. The molecule has 3 heteroatoms. The van der Waals surface area contributed by atoms with Crippen LogP contribution in [0.3, 0.4) is 0 Å². The van der Waals surface area contributed by atoms with Crippen molar-refractivity contribution >= 4 is 5.82 Å². The van der Waals surface area contributed by atoms with Gasteiger partial charge in [0.2, 0.25) is 0 Å². The van der Waals surface area contributed by atoms with Gasteiger partial charge >= 0.3 is 0 Å². The number of H-pyrrole nitrogens is 1. The molecule has 3 nitrogen and oxygen atoms in total. The van der Waals surface area contributed by atoms with Crippen LogP contribution in [0.15, 0.2) is 0 Å². The van der Waals surface area contributed by atoms with Gasteiger partial charge in [-0.2, -0.15) is 5.10 Å². The molecule has 4 saturated carbocycles. The molecule has 0 radical (unpaired) electrons. The Balaban J connectivity index is 1.84. The molecule has 0 aliphatic heterocycles. The van der Waals surface area contributed by atoms with E-state index in [-0.39, 0.29) is 0 Å². The van der Waals surface area contributed by atoms with Crippen LogP contribution >= 0.6 is 0 Å². The molecule has 5 rings (SSSR count). The van der Waals surface area contributed by atoms with Gasteiger partial charge in [-0.15, -0.1) is 0 Å². The Morgan fingerprint density at radius 2 is 1.80 bits per heavy atom. The summed E-state index contributed by atoms with van der Waals surface area (Å²) in [6, 6.07) is 0.